The SMILES string of the molecule is COc1cccc(CN(C(=O)CN(c2ccccc2Cl)S(C)(=O)=O)[C@@H](C)C(=O)NC2CCCC2)c1. The minimum atomic E-state index is -3.84. The van der Waals surface area contributed by atoms with Gasteiger partial charge in [-0.05, 0) is 49.6 Å². The number of halogens is 1. The number of sulfonamides is 1. The van der Waals surface area contributed by atoms with Crippen LogP contribution in [0.2, 0.25) is 5.02 Å². The standard InChI is InChI=1S/C25H32ClN3O5S/c1-18(25(31)27-20-10-4-5-11-20)28(16-19-9-8-12-21(15-19)34-2)24(30)17-29(35(3,32)33)23-14-7-6-13-22(23)26/h6-9,12-15,18,20H,4-5,10-11,16-17H2,1-3H3,(H,27,31)/t18-/m0/s1. The molecule has 0 unspecified atom stereocenters. The van der Waals surface area contributed by atoms with Crippen LogP contribution < -0.4 is 14.4 Å². The van der Waals surface area contributed by atoms with Crippen LogP contribution >= 0.6 is 11.6 Å². The predicted octanol–water partition coefficient (Wildman–Crippen LogP) is 3.59. The van der Waals surface area contributed by atoms with Gasteiger partial charge in [0.05, 0.1) is 24.1 Å². The first-order chi connectivity index (χ1) is 16.6. The van der Waals surface area contributed by atoms with E-state index >= 15 is 0 Å². The summed E-state index contributed by atoms with van der Waals surface area (Å²) in [4.78, 5) is 28.1. The van der Waals surface area contributed by atoms with Gasteiger partial charge in [0.1, 0.15) is 18.3 Å². The highest BCUT2D eigenvalue weighted by atomic mass is 35.5. The second-order valence-corrected chi connectivity index (χ2v) is 11.1. The van der Waals surface area contributed by atoms with E-state index in [1.807, 2.05) is 6.07 Å². The summed E-state index contributed by atoms with van der Waals surface area (Å²) in [5.41, 5.74) is 0.955. The molecule has 1 N–H and O–H groups in total. The van der Waals surface area contributed by atoms with E-state index in [1.54, 1.807) is 56.5 Å². The molecule has 1 aliphatic carbocycles. The monoisotopic (exact) mass is 521 g/mol. The van der Waals surface area contributed by atoms with E-state index in [2.05, 4.69) is 5.32 Å². The zero-order valence-corrected chi connectivity index (χ0v) is 21.8. The Morgan fingerprint density at radius 2 is 1.83 bits per heavy atom. The summed E-state index contributed by atoms with van der Waals surface area (Å²) in [7, 11) is -2.29. The van der Waals surface area contributed by atoms with Gasteiger partial charge in [0.2, 0.25) is 21.8 Å². The molecule has 0 aromatic heterocycles. The van der Waals surface area contributed by atoms with Crippen molar-refractivity contribution < 1.29 is 22.7 Å². The first kappa shape index (κ1) is 26.8. The topological polar surface area (TPSA) is 96.0 Å². The van der Waals surface area contributed by atoms with Crippen LogP contribution in [0.15, 0.2) is 48.5 Å². The van der Waals surface area contributed by atoms with E-state index in [1.165, 1.54) is 4.90 Å². The van der Waals surface area contributed by atoms with E-state index in [0.717, 1.165) is 41.8 Å². The van der Waals surface area contributed by atoms with Crippen LogP contribution in [0.4, 0.5) is 5.69 Å². The highest BCUT2D eigenvalue weighted by Gasteiger charge is 2.31. The van der Waals surface area contributed by atoms with Crippen molar-refractivity contribution in [1.29, 1.82) is 0 Å². The number of nitrogens with one attached hydrogen (secondary N) is 1. The van der Waals surface area contributed by atoms with Crippen molar-refractivity contribution in [2.75, 3.05) is 24.2 Å². The van der Waals surface area contributed by atoms with Crippen LogP contribution in [0.3, 0.4) is 0 Å². The average Bonchev–Trinajstić information content (AvgIpc) is 3.33. The summed E-state index contributed by atoms with van der Waals surface area (Å²) in [6, 6.07) is 12.9. The molecule has 10 heteroatoms. The van der Waals surface area contributed by atoms with Crippen molar-refractivity contribution in [2.24, 2.45) is 0 Å². The smallest absolute Gasteiger partial charge is 0.244 e. The van der Waals surface area contributed by atoms with Gasteiger partial charge >= 0.3 is 0 Å². The maximum absolute atomic E-state index is 13.6. The molecule has 2 amide bonds. The molecule has 0 heterocycles. The normalized spacial score (nSPS) is 14.9. The van der Waals surface area contributed by atoms with E-state index in [-0.39, 0.29) is 29.2 Å². The lowest BCUT2D eigenvalue weighted by atomic mass is 10.1. The van der Waals surface area contributed by atoms with Gasteiger partial charge in [-0.3, -0.25) is 13.9 Å². The van der Waals surface area contributed by atoms with E-state index in [9.17, 15) is 18.0 Å². The van der Waals surface area contributed by atoms with Gasteiger partial charge in [0.15, 0.2) is 0 Å². The molecule has 3 rings (SSSR count). The maximum atomic E-state index is 13.6. The fourth-order valence-electron chi connectivity index (χ4n) is 4.19. The summed E-state index contributed by atoms with van der Waals surface area (Å²) in [6.07, 6.45) is 4.97. The number of hydrogen-bond acceptors (Lipinski definition) is 5. The Labute approximate surface area is 212 Å². The molecule has 1 fully saturated rings. The molecule has 0 radical (unpaired) electrons. The lowest BCUT2D eigenvalue weighted by Gasteiger charge is -2.32. The number of carbonyl (C=O) groups is 2. The Morgan fingerprint density at radius 3 is 2.46 bits per heavy atom. The third-order valence-corrected chi connectivity index (χ3v) is 7.60. The van der Waals surface area contributed by atoms with E-state index in [0.29, 0.717) is 5.75 Å². The lowest BCUT2D eigenvalue weighted by Crippen LogP contribution is -2.52. The maximum Gasteiger partial charge on any atom is 0.244 e. The molecule has 8 nitrogen and oxygen atoms in total. The molecule has 0 spiro atoms. The molecule has 1 saturated carbocycles. The molecule has 1 atom stereocenters. The molecule has 35 heavy (non-hydrogen) atoms. The van der Waals surface area contributed by atoms with Crippen LogP contribution in [0.5, 0.6) is 5.75 Å². The number of para-hydroxylation sites is 1. The van der Waals surface area contributed by atoms with Crippen LogP contribution in [-0.4, -0.2) is 57.1 Å². The molecule has 190 valence electrons. The fourth-order valence-corrected chi connectivity index (χ4v) is 5.34. The number of carbonyl (C=O) groups excluding carboxylic acids is 2. The van der Waals surface area contributed by atoms with Crippen molar-refractivity contribution in [3.63, 3.8) is 0 Å². The van der Waals surface area contributed by atoms with E-state index < -0.39 is 28.5 Å². The second kappa shape index (κ2) is 11.8. The van der Waals surface area contributed by atoms with Gasteiger partial charge in [-0.15, -0.1) is 0 Å². The Bertz CT molecular complexity index is 1150. The quantitative estimate of drug-likeness (QED) is 0.515. The summed E-state index contributed by atoms with van der Waals surface area (Å²) >= 11 is 6.25. The number of rotatable bonds is 10. The van der Waals surface area contributed by atoms with Gasteiger partial charge in [0, 0.05) is 12.6 Å². The van der Waals surface area contributed by atoms with Crippen LogP contribution in [0.25, 0.3) is 0 Å². The number of ether oxygens (including phenoxy) is 1. The third kappa shape index (κ3) is 7.11. The molecule has 2 aromatic rings. The second-order valence-electron chi connectivity index (χ2n) is 8.76. The molecule has 0 bridgehead atoms. The van der Waals surface area contributed by atoms with Crippen molar-refractivity contribution in [3.05, 3.63) is 59.1 Å². The lowest BCUT2D eigenvalue weighted by molar-refractivity contribution is -0.139. The summed E-state index contributed by atoms with van der Waals surface area (Å²) in [6.45, 7) is 1.27. The van der Waals surface area contributed by atoms with Crippen molar-refractivity contribution in [3.8, 4) is 5.75 Å². The largest absolute Gasteiger partial charge is 0.497 e. The minimum Gasteiger partial charge on any atom is -0.497 e. The number of nitrogens with zero attached hydrogens (tertiary/aromatic N) is 2. The molecule has 2 aromatic carbocycles. The van der Waals surface area contributed by atoms with Crippen LogP contribution in [0, 0.1) is 0 Å². The van der Waals surface area contributed by atoms with Gasteiger partial charge in [0.25, 0.3) is 0 Å². The number of amides is 2. The highest BCUT2D eigenvalue weighted by Crippen LogP contribution is 2.27. The molecule has 0 saturated heterocycles. The predicted molar refractivity (Wildman–Crippen MR) is 137 cm³/mol. The zero-order valence-electron chi connectivity index (χ0n) is 20.2. The molecule has 0 aliphatic heterocycles. The van der Waals surface area contributed by atoms with Crippen molar-refractivity contribution in [1.82, 2.24) is 10.2 Å². The van der Waals surface area contributed by atoms with Crippen LogP contribution in [-0.2, 0) is 26.2 Å². The highest BCUT2D eigenvalue weighted by molar-refractivity contribution is 7.92. The van der Waals surface area contributed by atoms with Crippen molar-refractivity contribution in [2.45, 2.75) is 51.2 Å². The van der Waals surface area contributed by atoms with Crippen LogP contribution in [0.1, 0.15) is 38.2 Å². The Balaban J connectivity index is 1.90. The third-order valence-electron chi connectivity index (χ3n) is 6.16. The van der Waals surface area contributed by atoms with Gasteiger partial charge in [-0.1, -0.05) is 48.7 Å². The number of anilines is 1. The fraction of sp³-hybridized carbons (Fsp3) is 0.440. The first-order valence-electron chi connectivity index (χ1n) is 11.5. The number of methoxy groups -OCH3 is 1. The van der Waals surface area contributed by atoms with Gasteiger partial charge in [-0.25, -0.2) is 8.42 Å². The molecular formula is C25H32ClN3O5S. The molecule has 1 aliphatic rings. The van der Waals surface area contributed by atoms with Crippen molar-refractivity contribution >= 4 is 39.1 Å². The number of hydrogen-bond donors (Lipinski definition) is 1. The Morgan fingerprint density at radius 1 is 1.14 bits per heavy atom. The minimum absolute atomic E-state index is 0.0920. The Kier molecular flexibility index (Phi) is 9.02. The summed E-state index contributed by atoms with van der Waals surface area (Å²) < 4.78 is 31.5. The summed E-state index contributed by atoms with van der Waals surface area (Å²) in [5.74, 6) is -0.171. The van der Waals surface area contributed by atoms with Gasteiger partial charge < -0.3 is 15.0 Å². The average molecular weight is 522 g/mol. The van der Waals surface area contributed by atoms with Gasteiger partial charge in [-0.2, -0.15) is 0 Å². The number of benzene rings is 2. The Hall–Kier alpha value is -2.78. The summed E-state index contributed by atoms with van der Waals surface area (Å²) in [5, 5.41) is 3.24. The zero-order chi connectivity index (χ0) is 25.6. The van der Waals surface area contributed by atoms with E-state index in [4.69, 9.17) is 16.3 Å². The first-order valence-corrected chi connectivity index (χ1v) is 13.8. The molecular weight excluding hydrogens is 490 g/mol.